The van der Waals surface area contributed by atoms with Crippen LogP contribution < -0.4 is 0 Å². The van der Waals surface area contributed by atoms with E-state index in [1.54, 1.807) is 0 Å². The van der Waals surface area contributed by atoms with Gasteiger partial charge in [0, 0.05) is 31.6 Å². The molecule has 0 bridgehead atoms. The zero-order valence-electron chi connectivity index (χ0n) is 13.0. The summed E-state index contributed by atoms with van der Waals surface area (Å²) in [6.07, 6.45) is 7.14. The van der Waals surface area contributed by atoms with Crippen LogP contribution in [0.1, 0.15) is 51.9 Å². The summed E-state index contributed by atoms with van der Waals surface area (Å²) in [6, 6.07) is 0.268. The van der Waals surface area contributed by atoms with E-state index in [0.29, 0.717) is 18.9 Å². The Labute approximate surface area is 126 Å². The van der Waals surface area contributed by atoms with Gasteiger partial charge in [-0.3, -0.25) is 4.79 Å². The van der Waals surface area contributed by atoms with E-state index in [0.717, 1.165) is 45.3 Å². The second kappa shape index (κ2) is 7.07. The smallest absolute Gasteiger partial charge is 0.226 e. The van der Waals surface area contributed by atoms with Gasteiger partial charge in [-0.15, -0.1) is 0 Å². The van der Waals surface area contributed by atoms with E-state index in [1.807, 2.05) is 4.90 Å². The highest BCUT2D eigenvalue weighted by Gasteiger charge is 2.44. The van der Waals surface area contributed by atoms with Crippen molar-refractivity contribution in [3.63, 3.8) is 0 Å². The lowest BCUT2D eigenvalue weighted by molar-refractivity contribution is -0.193. The zero-order valence-corrected chi connectivity index (χ0v) is 13.0. The number of hydrogen-bond donors (Lipinski definition) is 0. The van der Waals surface area contributed by atoms with Crippen molar-refractivity contribution in [2.24, 2.45) is 5.92 Å². The van der Waals surface area contributed by atoms with E-state index in [2.05, 4.69) is 6.92 Å². The molecule has 3 aliphatic rings. The number of likely N-dealkylation sites (tertiary alicyclic amines) is 1. The molecule has 3 heterocycles. The first kappa shape index (κ1) is 15.3. The lowest BCUT2D eigenvalue weighted by Gasteiger charge is -2.48. The van der Waals surface area contributed by atoms with Crippen LogP contribution >= 0.6 is 0 Å². The summed E-state index contributed by atoms with van der Waals surface area (Å²) in [5, 5.41) is 0. The van der Waals surface area contributed by atoms with Gasteiger partial charge in [-0.05, 0) is 38.5 Å². The molecule has 0 aliphatic carbocycles. The Morgan fingerprint density at radius 1 is 1.19 bits per heavy atom. The van der Waals surface area contributed by atoms with Crippen LogP contribution in [0.4, 0.5) is 0 Å². The van der Waals surface area contributed by atoms with Gasteiger partial charge in [0.05, 0.1) is 6.61 Å². The molecule has 1 amide bonds. The highest BCUT2D eigenvalue weighted by atomic mass is 16.7. The molecule has 3 fully saturated rings. The van der Waals surface area contributed by atoms with Crippen LogP contribution in [0.3, 0.4) is 0 Å². The average molecular weight is 297 g/mol. The minimum absolute atomic E-state index is 0.00150. The number of nitrogens with zero attached hydrogens (tertiary/aromatic N) is 1. The Morgan fingerprint density at radius 3 is 2.57 bits per heavy atom. The van der Waals surface area contributed by atoms with E-state index in [9.17, 15) is 4.79 Å². The minimum Gasteiger partial charge on any atom is -0.358 e. The Bertz CT molecular complexity index is 350. The van der Waals surface area contributed by atoms with Crippen LogP contribution in [0.5, 0.6) is 0 Å². The second-order valence-corrected chi connectivity index (χ2v) is 6.50. The number of β-lactam (4-membered cyclic amide) rings is 1. The predicted molar refractivity (Wildman–Crippen MR) is 77.5 cm³/mol. The lowest BCUT2D eigenvalue weighted by atomic mass is 9.89. The molecular weight excluding hydrogens is 270 g/mol. The van der Waals surface area contributed by atoms with Crippen LogP contribution in [-0.4, -0.2) is 49.2 Å². The molecule has 0 spiro atoms. The third-order valence-corrected chi connectivity index (χ3v) is 4.83. The molecular formula is C16H27NO4. The number of carbonyl (C=O) groups excluding carboxylic acids is 1. The van der Waals surface area contributed by atoms with Gasteiger partial charge in [-0.25, -0.2) is 0 Å². The fourth-order valence-electron chi connectivity index (χ4n) is 3.46. The van der Waals surface area contributed by atoms with E-state index < -0.39 is 0 Å². The van der Waals surface area contributed by atoms with Gasteiger partial charge in [0.25, 0.3) is 0 Å². The van der Waals surface area contributed by atoms with Crippen LogP contribution in [0.2, 0.25) is 0 Å². The van der Waals surface area contributed by atoms with Crippen molar-refractivity contribution in [1.82, 2.24) is 4.90 Å². The molecule has 120 valence electrons. The fourth-order valence-corrected chi connectivity index (χ4v) is 3.46. The number of ether oxygens (including phenoxy) is 3. The standard InChI is InChI=1S/C16H27NO4/c1-12(11-21-16-7-3-5-9-20-16)13-10-14(18)17(13)15-6-2-4-8-19-15/h12-13,15-16H,2-11H2,1H3. The lowest BCUT2D eigenvalue weighted by Crippen LogP contribution is -2.61. The zero-order chi connectivity index (χ0) is 14.7. The first-order chi connectivity index (χ1) is 10.3. The molecule has 0 aromatic carbocycles. The average Bonchev–Trinajstić information content (AvgIpc) is 2.52. The Morgan fingerprint density at radius 2 is 1.95 bits per heavy atom. The maximum atomic E-state index is 11.9. The summed E-state index contributed by atoms with van der Waals surface area (Å²) in [6.45, 7) is 4.41. The van der Waals surface area contributed by atoms with Gasteiger partial charge in [-0.2, -0.15) is 0 Å². The molecule has 5 heteroatoms. The maximum Gasteiger partial charge on any atom is 0.226 e. The molecule has 0 radical (unpaired) electrons. The third-order valence-electron chi connectivity index (χ3n) is 4.83. The minimum atomic E-state index is -0.0450. The molecule has 3 aliphatic heterocycles. The van der Waals surface area contributed by atoms with E-state index in [1.165, 1.54) is 6.42 Å². The summed E-state index contributed by atoms with van der Waals surface area (Å²) >= 11 is 0. The van der Waals surface area contributed by atoms with Crippen molar-refractivity contribution in [1.29, 1.82) is 0 Å². The van der Waals surface area contributed by atoms with Crippen LogP contribution in [0, 0.1) is 5.92 Å². The molecule has 0 saturated carbocycles. The van der Waals surface area contributed by atoms with Crippen molar-refractivity contribution < 1.29 is 19.0 Å². The van der Waals surface area contributed by atoms with Crippen molar-refractivity contribution >= 4 is 5.91 Å². The molecule has 3 rings (SSSR count). The SMILES string of the molecule is CC(COC1CCCCO1)C1CC(=O)N1C1CCCCO1. The normalized spacial score (nSPS) is 35.4. The fraction of sp³-hybridized carbons (Fsp3) is 0.938. The van der Waals surface area contributed by atoms with Crippen molar-refractivity contribution in [3.05, 3.63) is 0 Å². The largest absolute Gasteiger partial charge is 0.358 e. The Kier molecular flexibility index (Phi) is 5.14. The van der Waals surface area contributed by atoms with E-state index in [4.69, 9.17) is 14.2 Å². The van der Waals surface area contributed by atoms with Gasteiger partial charge < -0.3 is 19.1 Å². The first-order valence-electron chi connectivity index (χ1n) is 8.41. The van der Waals surface area contributed by atoms with Gasteiger partial charge in [-0.1, -0.05) is 6.92 Å². The summed E-state index contributed by atoms with van der Waals surface area (Å²) in [7, 11) is 0. The second-order valence-electron chi connectivity index (χ2n) is 6.50. The van der Waals surface area contributed by atoms with Gasteiger partial charge in [0.1, 0.15) is 6.23 Å². The predicted octanol–water partition coefficient (Wildman–Crippen LogP) is 2.29. The molecule has 0 N–H and O–H groups in total. The molecule has 0 aromatic rings. The maximum absolute atomic E-state index is 11.9. The molecule has 5 nitrogen and oxygen atoms in total. The first-order valence-corrected chi connectivity index (χ1v) is 8.41. The molecule has 21 heavy (non-hydrogen) atoms. The summed E-state index contributed by atoms with van der Waals surface area (Å²) in [5.41, 5.74) is 0. The Hall–Kier alpha value is -0.650. The number of rotatable bonds is 5. The van der Waals surface area contributed by atoms with Crippen molar-refractivity contribution in [2.45, 2.75) is 70.4 Å². The van der Waals surface area contributed by atoms with Crippen LogP contribution in [0.25, 0.3) is 0 Å². The Balaban J connectivity index is 1.47. The molecule has 0 aromatic heterocycles. The van der Waals surface area contributed by atoms with Crippen molar-refractivity contribution in [2.75, 3.05) is 19.8 Å². The monoisotopic (exact) mass is 297 g/mol. The van der Waals surface area contributed by atoms with E-state index >= 15 is 0 Å². The van der Waals surface area contributed by atoms with Crippen LogP contribution in [0.15, 0.2) is 0 Å². The van der Waals surface area contributed by atoms with Gasteiger partial charge in [0.2, 0.25) is 5.91 Å². The topological polar surface area (TPSA) is 48.0 Å². The molecule has 4 atom stereocenters. The molecule has 4 unspecified atom stereocenters. The highest BCUT2D eigenvalue weighted by molar-refractivity contribution is 5.83. The van der Waals surface area contributed by atoms with Crippen LogP contribution in [-0.2, 0) is 19.0 Å². The quantitative estimate of drug-likeness (QED) is 0.731. The summed E-state index contributed by atoms with van der Waals surface area (Å²) in [4.78, 5) is 13.9. The van der Waals surface area contributed by atoms with Gasteiger partial charge >= 0.3 is 0 Å². The summed E-state index contributed by atoms with van der Waals surface area (Å²) in [5.74, 6) is 0.561. The summed E-state index contributed by atoms with van der Waals surface area (Å²) < 4.78 is 17.2. The third kappa shape index (κ3) is 3.58. The highest BCUT2D eigenvalue weighted by Crippen LogP contribution is 2.32. The number of carbonyl (C=O) groups is 1. The van der Waals surface area contributed by atoms with Gasteiger partial charge in [0.15, 0.2) is 6.29 Å². The number of amides is 1. The van der Waals surface area contributed by atoms with Crippen molar-refractivity contribution in [3.8, 4) is 0 Å². The molecule has 3 saturated heterocycles. The van der Waals surface area contributed by atoms with E-state index in [-0.39, 0.29) is 24.5 Å². The number of hydrogen-bond acceptors (Lipinski definition) is 4.